The van der Waals surface area contributed by atoms with Gasteiger partial charge in [0.15, 0.2) is 5.78 Å². The van der Waals surface area contributed by atoms with Gasteiger partial charge in [-0.1, -0.05) is 12.1 Å². The fraction of sp³-hybridized carbons (Fsp3) is 0.389. The molecule has 0 N–H and O–H groups in total. The molecule has 1 aromatic carbocycles. The third-order valence-electron chi connectivity index (χ3n) is 4.12. The number of benzene rings is 1. The number of hydrogen-bond acceptors (Lipinski definition) is 4. The number of rotatable bonds is 5. The predicted molar refractivity (Wildman–Crippen MR) is 86.1 cm³/mol. The number of Topliss-reactive ketones (excluding diaryl/α,β-unsaturated/α-hetero) is 1. The molecular weight excluding hydrogens is 311 g/mol. The van der Waals surface area contributed by atoms with Gasteiger partial charge < -0.3 is 4.74 Å². The molecule has 0 bridgehead atoms. The number of aromatic nitrogens is 2. The molecule has 0 saturated carbocycles. The van der Waals surface area contributed by atoms with Crippen LogP contribution in [-0.4, -0.2) is 28.1 Å². The van der Waals surface area contributed by atoms with Gasteiger partial charge in [-0.05, 0) is 31.9 Å². The van der Waals surface area contributed by atoms with E-state index in [1.165, 1.54) is 6.07 Å². The maximum atomic E-state index is 14.2. The van der Waals surface area contributed by atoms with Crippen LogP contribution >= 0.6 is 0 Å². The lowest BCUT2D eigenvalue weighted by atomic mass is 9.92. The Morgan fingerprint density at radius 2 is 2.12 bits per heavy atom. The molecule has 0 amide bonds. The summed E-state index contributed by atoms with van der Waals surface area (Å²) in [6.45, 7) is 2.40. The zero-order chi connectivity index (χ0) is 17.1. The molecule has 1 heterocycles. The molecule has 1 aromatic heterocycles. The van der Waals surface area contributed by atoms with E-state index in [2.05, 4.69) is 5.10 Å². The number of halogens is 1. The summed E-state index contributed by atoms with van der Waals surface area (Å²) in [6.07, 6.45) is 2.06. The van der Waals surface area contributed by atoms with Crippen LogP contribution in [0.3, 0.4) is 0 Å². The van der Waals surface area contributed by atoms with Crippen molar-refractivity contribution in [2.75, 3.05) is 6.61 Å². The normalized spacial score (nSPS) is 13.7. The van der Waals surface area contributed by atoms with Crippen molar-refractivity contribution in [3.8, 4) is 11.3 Å². The smallest absolute Gasteiger partial charge is 0.307 e. The third kappa shape index (κ3) is 3.09. The van der Waals surface area contributed by atoms with Gasteiger partial charge in [0.05, 0.1) is 25.1 Å². The van der Waals surface area contributed by atoms with Crippen molar-refractivity contribution in [1.29, 1.82) is 0 Å². The second-order valence-electron chi connectivity index (χ2n) is 5.71. The minimum absolute atomic E-state index is 0.0168. The second kappa shape index (κ2) is 6.95. The summed E-state index contributed by atoms with van der Waals surface area (Å²) in [5.74, 6) is -0.734. The molecular formula is C18H19FN2O3. The molecule has 24 heavy (non-hydrogen) atoms. The van der Waals surface area contributed by atoms with Gasteiger partial charge in [0, 0.05) is 17.7 Å². The highest BCUT2D eigenvalue weighted by Crippen LogP contribution is 2.32. The van der Waals surface area contributed by atoms with Gasteiger partial charge in [-0.2, -0.15) is 5.10 Å². The topological polar surface area (TPSA) is 61.2 Å². The number of ketones is 1. The van der Waals surface area contributed by atoms with Crippen LogP contribution in [0.1, 0.15) is 42.2 Å². The first-order valence-electron chi connectivity index (χ1n) is 8.15. The van der Waals surface area contributed by atoms with E-state index in [4.69, 9.17) is 4.74 Å². The molecule has 0 unspecified atom stereocenters. The monoisotopic (exact) mass is 330 g/mol. The number of aryl methyl sites for hydroxylation is 1. The predicted octanol–water partition coefficient (Wildman–Crippen LogP) is 3.16. The lowest BCUT2D eigenvalue weighted by Crippen LogP contribution is -2.16. The summed E-state index contributed by atoms with van der Waals surface area (Å²) >= 11 is 0. The van der Waals surface area contributed by atoms with Gasteiger partial charge in [-0.3, -0.25) is 14.3 Å². The van der Waals surface area contributed by atoms with Crippen molar-refractivity contribution in [2.24, 2.45) is 0 Å². The number of nitrogens with zero attached hydrogens (tertiary/aromatic N) is 2. The van der Waals surface area contributed by atoms with E-state index in [0.717, 1.165) is 12.1 Å². The SMILES string of the molecule is CCOC(=O)CCn1nc(-c2ccccc2F)c2c1CCCC2=O. The molecule has 0 saturated heterocycles. The Hall–Kier alpha value is -2.50. The largest absolute Gasteiger partial charge is 0.466 e. The van der Waals surface area contributed by atoms with Crippen molar-refractivity contribution in [1.82, 2.24) is 9.78 Å². The Balaban J connectivity index is 1.99. The van der Waals surface area contributed by atoms with Crippen LogP contribution in [0.2, 0.25) is 0 Å². The average Bonchev–Trinajstić information content (AvgIpc) is 2.94. The molecule has 0 spiro atoms. The molecule has 126 valence electrons. The number of esters is 1. The Morgan fingerprint density at radius 1 is 1.33 bits per heavy atom. The average molecular weight is 330 g/mol. The van der Waals surface area contributed by atoms with E-state index in [-0.39, 0.29) is 18.2 Å². The first-order valence-corrected chi connectivity index (χ1v) is 8.15. The Bertz CT molecular complexity index is 783. The molecule has 0 atom stereocenters. The van der Waals surface area contributed by atoms with Gasteiger partial charge in [-0.25, -0.2) is 4.39 Å². The highest BCUT2D eigenvalue weighted by molar-refractivity contribution is 6.03. The third-order valence-corrected chi connectivity index (χ3v) is 4.12. The standard InChI is InChI=1S/C18H19FN2O3/c1-2-24-16(23)10-11-21-14-8-5-9-15(22)17(14)18(20-21)12-6-3-4-7-13(12)19/h3-4,6-7H,2,5,8-11H2,1H3. The molecule has 2 aromatic rings. The number of ether oxygens (including phenoxy) is 1. The minimum atomic E-state index is -0.409. The highest BCUT2D eigenvalue weighted by atomic mass is 19.1. The molecule has 0 radical (unpaired) electrons. The lowest BCUT2D eigenvalue weighted by molar-refractivity contribution is -0.143. The fourth-order valence-corrected chi connectivity index (χ4v) is 3.04. The first kappa shape index (κ1) is 16.4. The van der Waals surface area contributed by atoms with Crippen LogP contribution in [0, 0.1) is 5.82 Å². The van der Waals surface area contributed by atoms with E-state index < -0.39 is 5.82 Å². The molecule has 1 aliphatic rings. The van der Waals surface area contributed by atoms with Crippen molar-refractivity contribution in [3.05, 3.63) is 41.3 Å². The summed E-state index contributed by atoms with van der Waals surface area (Å²) in [5, 5.41) is 4.45. The quantitative estimate of drug-likeness (QED) is 0.790. The summed E-state index contributed by atoms with van der Waals surface area (Å²) in [7, 11) is 0. The van der Waals surface area contributed by atoms with E-state index in [1.807, 2.05) is 0 Å². The molecule has 6 heteroatoms. The van der Waals surface area contributed by atoms with Crippen LogP contribution < -0.4 is 0 Å². The summed E-state index contributed by atoms with van der Waals surface area (Å²) < 4.78 is 20.8. The Labute approximate surface area is 139 Å². The van der Waals surface area contributed by atoms with Crippen molar-refractivity contribution < 1.29 is 18.7 Å². The zero-order valence-electron chi connectivity index (χ0n) is 13.5. The molecule has 0 aliphatic heterocycles. The summed E-state index contributed by atoms with van der Waals surface area (Å²) in [5.41, 5.74) is 1.97. The number of carbonyl (C=O) groups is 2. The second-order valence-corrected chi connectivity index (χ2v) is 5.71. The van der Waals surface area contributed by atoms with Crippen molar-refractivity contribution in [3.63, 3.8) is 0 Å². The first-order chi connectivity index (χ1) is 11.6. The van der Waals surface area contributed by atoms with Gasteiger partial charge in [0.2, 0.25) is 0 Å². The number of carbonyl (C=O) groups excluding carboxylic acids is 2. The van der Waals surface area contributed by atoms with Gasteiger partial charge >= 0.3 is 5.97 Å². The molecule has 0 fully saturated rings. The minimum Gasteiger partial charge on any atom is -0.466 e. The number of hydrogen-bond donors (Lipinski definition) is 0. The van der Waals surface area contributed by atoms with Crippen LogP contribution in [0.5, 0.6) is 0 Å². The molecule has 5 nitrogen and oxygen atoms in total. The van der Waals surface area contributed by atoms with Crippen LogP contribution in [-0.2, 0) is 22.5 Å². The Kier molecular flexibility index (Phi) is 4.74. The van der Waals surface area contributed by atoms with E-state index in [0.29, 0.717) is 42.8 Å². The van der Waals surface area contributed by atoms with Crippen LogP contribution in [0.25, 0.3) is 11.3 Å². The maximum absolute atomic E-state index is 14.2. The summed E-state index contributed by atoms with van der Waals surface area (Å²) in [4.78, 5) is 24.0. The number of fused-ring (bicyclic) bond motifs is 1. The van der Waals surface area contributed by atoms with Crippen molar-refractivity contribution >= 4 is 11.8 Å². The van der Waals surface area contributed by atoms with Gasteiger partial charge in [-0.15, -0.1) is 0 Å². The highest BCUT2D eigenvalue weighted by Gasteiger charge is 2.28. The Morgan fingerprint density at radius 3 is 2.88 bits per heavy atom. The molecule has 1 aliphatic carbocycles. The fourth-order valence-electron chi connectivity index (χ4n) is 3.04. The summed E-state index contributed by atoms with van der Waals surface area (Å²) in [6, 6.07) is 6.29. The maximum Gasteiger partial charge on any atom is 0.307 e. The van der Waals surface area contributed by atoms with E-state index >= 15 is 0 Å². The van der Waals surface area contributed by atoms with E-state index in [1.54, 1.807) is 29.8 Å². The van der Waals surface area contributed by atoms with E-state index in [9.17, 15) is 14.0 Å². The lowest BCUT2D eigenvalue weighted by Gasteiger charge is -2.13. The van der Waals surface area contributed by atoms with Crippen molar-refractivity contribution in [2.45, 2.75) is 39.2 Å². The van der Waals surface area contributed by atoms with Crippen LogP contribution in [0.15, 0.2) is 24.3 Å². The van der Waals surface area contributed by atoms with Gasteiger partial charge in [0.1, 0.15) is 11.5 Å². The van der Waals surface area contributed by atoms with Crippen LogP contribution in [0.4, 0.5) is 4.39 Å². The zero-order valence-corrected chi connectivity index (χ0v) is 13.5. The molecule has 3 rings (SSSR count). The van der Waals surface area contributed by atoms with Gasteiger partial charge in [0.25, 0.3) is 0 Å².